The molecule has 2 aromatic carbocycles. The number of allylic oxidation sites excluding steroid dienone is 1. The SMILES string of the molecule is CCC1(C)C=C(C(C)C)c2cc(Cl)c(OCCCOc3ccc(O[C@](C)(CC)C(=O)O)cc3)cc2O1. The van der Waals surface area contributed by atoms with Crippen LogP contribution in [0.4, 0.5) is 0 Å². The van der Waals surface area contributed by atoms with E-state index >= 15 is 0 Å². The summed E-state index contributed by atoms with van der Waals surface area (Å²) in [6.07, 6.45) is 4.09. The summed E-state index contributed by atoms with van der Waals surface area (Å²) >= 11 is 6.55. The normalized spacial score (nSPS) is 18.5. The van der Waals surface area contributed by atoms with Crippen molar-refractivity contribution in [2.75, 3.05) is 13.2 Å². The van der Waals surface area contributed by atoms with Gasteiger partial charge in [0.15, 0.2) is 0 Å². The Morgan fingerprint density at radius 2 is 1.75 bits per heavy atom. The molecule has 1 N–H and O–H groups in total. The first kappa shape index (κ1) is 27.7. The summed E-state index contributed by atoms with van der Waals surface area (Å²) in [7, 11) is 0. The van der Waals surface area contributed by atoms with Crippen molar-refractivity contribution in [2.24, 2.45) is 5.92 Å². The van der Waals surface area contributed by atoms with Gasteiger partial charge in [-0.1, -0.05) is 39.3 Å². The van der Waals surface area contributed by atoms with Crippen LogP contribution in [-0.4, -0.2) is 35.5 Å². The number of carboxylic acid groups (broad SMARTS) is 1. The molecule has 0 fully saturated rings. The van der Waals surface area contributed by atoms with Crippen molar-refractivity contribution in [3.63, 3.8) is 0 Å². The van der Waals surface area contributed by atoms with E-state index in [0.717, 1.165) is 17.7 Å². The molecule has 0 amide bonds. The topological polar surface area (TPSA) is 74.2 Å². The Labute approximate surface area is 219 Å². The van der Waals surface area contributed by atoms with Gasteiger partial charge in [0.1, 0.15) is 28.6 Å². The third-order valence-electron chi connectivity index (χ3n) is 6.58. The minimum atomic E-state index is -1.26. The number of hydrogen-bond donors (Lipinski definition) is 1. The monoisotopic (exact) mass is 516 g/mol. The molecule has 0 radical (unpaired) electrons. The summed E-state index contributed by atoms with van der Waals surface area (Å²) in [5.41, 5.74) is 0.646. The number of aliphatic carboxylic acids is 1. The van der Waals surface area contributed by atoms with Crippen molar-refractivity contribution in [3.8, 4) is 23.0 Å². The third kappa shape index (κ3) is 6.47. The Balaban J connectivity index is 1.54. The van der Waals surface area contributed by atoms with Crippen LogP contribution in [0, 0.1) is 5.92 Å². The molecule has 1 aliphatic heterocycles. The van der Waals surface area contributed by atoms with Gasteiger partial charge >= 0.3 is 5.97 Å². The smallest absolute Gasteiger partial charge is 0.347 e. The van der Waals surface area contributed by atoms with Gasteiger partial charge in [0.25, 0.3) is 0 Å². The Kier molecular flexibility index (Phi) is 8.83. The van der Waals surface area contributed by atoms with E-state index in [0.29, 0.717) is 54.2 Å². The molecular weight excluding hydrogens is 480 g/mol. The Hall–Kier alpha value is -2.86. The highest BCUT2D eigenvalue weighted by atomic mass is 35.5. The number of carbonyl (C=O) groups is 1. The van der Waals surface area contributed by atoms with Crippen LogP contribution in [-0.2, 0) is 4.79 Å². The second kappa shape index (κ2) is 11.5. The Bertz CT molecular complexity index is 1090. The lowest BCUT2D eigenvalue weighted by molar-refractivity contribution is -0.154. The van der Waals surface area contributed by atoms with Crippen molar-refractivity contribution in [2.45, 2.75) is 72.0 Å². The largest absolute Gasteiger partial charge is 0.493 e. The highest BCUT2D eigenvalue weighted by Gasteiger charge is 2.33. The highest BCUT2D eigenvalue weighted by Crippen LogP contribution is 2.44. The van der Waals surface area contributed by atoms with Crippen molar-refractivity contribution in [1.29, 1.82) is 0 Å². The van der Waals surface area contributed by atoms with E-state index in [1.807, 2.05) is 12.1 Å². The van der Waals surface area contributed by atoms with Gasteiger partial charge in [-0.3, -0.25) is 0 Å². The number of fused-ring (bicyclic) bond motifs is 1. The molecular formula is C29H37ClO6. The number of halogens is 1. The molecule has 0 aliphatic carbocycles. The number of rotatable bonds is 12. The van der Waals surface area contributed by atoms with Gasteiger partial charge in [-0.15, -0.1) is 0 Å². The molecule has 0 saturated heterocycles. The van der Waals surface area contributed by atoms with E-state index in [1.54, 1.807) is 38.1 Å². The van der Waals surface area contributed by atoms with Crippen LogP contribution >= 0.6 is 11.6 Å². The van der Waals surface area contributed by atoms with Crippen LogP contribution in [0.15, 0.2) is 42.5 Å². The maximum atomic E-state index is 11.4. The van der Waals surface area contributed by atoms with E-state index in [4.69, 9.17) is 30.5 Å². The average molecular weight is 517 g/mol. The summed E-state index contributed by atoms with van der Waals surface area (Å²) < 4.78 is 23.7. The quantitative estimate of drug-likeness (QED) is 0.296. The van der Waals surface area contributed by atoms with Gasteiger partial charge in [0, 0.05) is 18.1 Å². The number of carboxylic acids is 1. The molecule has 0 bridgehead atoms. The fourth-order valence-electron chi connectivity index (χ4n) is 3.86. The van der Waals surface area contributed by atoms with Crippen molar-refractivity contribution < 1.29 is 28.8 Å². The standard InChI is InChI=1S/C29H37ClO6/c1-7-28(5)18-23(19(3)4)22-16-24(30)26(17-25(22)36-28)34-15-9-14-33-20-10-12-21(13-11-20)35-29(6,8-2)27(31)32/h10-13,16-19H,7-9,14-15H2,1-6H3,(H,31,32)/t28?,29-/m1/s1. The molecule has 0 spiro atoms. The molecule has 2 aromatic rings. The van der Waals surface area contributed by atoms with Gasteiger partial charge in [-0.05, 0) is 74.6 Å². The van der Waals surface area contributed by atoms with E-state index in [9.17, 15) is 9.90 Å². The number of hydrogen-bond acceptors (Lipinski definition) is 5. The van der Waals surface area contributed by atoms with E-state index < -0.39 is 11.6 Å². The zero-order valence-electron chi connectivity index (χ0n) is 22.0. The molecule has 6 nitrogen and oxygen atoms in total. The molecule has 0 saturated carbocycles. The summed E-state index contributed by atoms with van der Waals surface area (Å²) in [5, 5.41) is 9.92. The van der Waals surface area contributed by atoms with Gasteiger partial charge < -0.3 is 24.1 Å². The molecule has 1 heterocycles. The maximum absolute atomic E-state index is 11.4. The third-order valence-corrected chi connectivity index (χ3v) is 6.88. The lowest BCUT2D eigenvalue weighted by atomic mass is 9.86. The highest BCUT2D eigenvalue weighted by molar-refractivity contribution is 6.32. The Morgan fingerprint density at radius 3 is 2.33 bits per heavy atom. The maximum Gasteiger partial charge on any atom is 0.347 e. The summed E-state index contributed by atoms with van der Waals surface area (Å²) in [4.78, 5) is 11.4. The lowest BCUT2D eigenvalue weighted by Crippen LogP contribution is -2.40. The van der Waals surface area contributed by atoms with Gasteiger partial charge in [0.2, 0.25) is 5.60 Å². The first-order valence-electron chi connectivity index (χ1n) is 12.5. The number of benzene rings is 2. The Morgan fingerprint density at radius 1 is 1.11 bits per heavy atom. The van der Waals surface area contributed by atoms with Crippen LogP contribution in [0.5, 0.6) is 23.0 Å². The number of ether oxygens (including phenoxy) is 4. The van der Waals surface area contributed by atoms with Gasteiger partial charge in [0.05, 0.1) is 18.2 Å². The molecule has 1 aliphatic rings. The first-order valence-corrected chi connectivity index (χ1v) is 12.9. The molecule has 7 heteroatoms. The fraction of sp³-hybridized carbons (Fsp3) is 0.483. The second-order valence-corrected chi connectivity index (χ2v) is 10.2. The zero-order chi connectivity index (χ0) is 26.5. The molecule has 36 heavy (non-hydrogen) atoms. The van der Waals surface area contributed by atoms with Gasteiger partial charge in [-0.2, -0.15) is 0 Å². The molecule has 196 valence electrons. The van der Waals surface area contributed by atoms with E-state index in [2.05, 4.69) is 33.8 Å². The predicted molar refractivity (Wildman–Crippen MR) is 143 cm³/mol. The lowest BCUT2D eigenvalue weighted by Gasteiger charge is -2.35. The molecule has 0 aromatic heterocycles. The zero-order valence-corrected chi connectivity index (χ0v) is 22.8. The second-order valence-electron chi connectivity index (χ2n) is 9.81. The van der Waals surface area contributed by atoms with Crippen LogP contribution in [0.1, 0.15) is 66.4 Å². The van der Waals surface area contributed by atoms with Crippen LogP contribution < -0.4 is 18.9 Å². The van der Waals surface area contributed by atoms with Crippen LogP contribution in [0.25, 0.3) is 5.57 Å². The molecule has 3 rings (SSSR count). The van der Waals surface area contributed by atoms with Crippen LogP contribution in [0.2, 0.25) is 5.02 Å². The summed E-state index contributed by atoms with van der Waals surface area (Å²) in [6.45, 7) is 12.8. The minimum Gasteiger partial charge on any atom is -0.493 e. The van der Waals surface area contributed by atoms with E-state index in [1.165, 1.54) is 5.57 Å². The van der Waals surface area contributed by atoms with Gasteiger partial charge in [-0.25, -0.2) is 4.79 Å². The predicted octanol–water partition coefficient (Wildman–Crippen LogP) is 7.42. The average Bonchev–Trinajstić information content (AvgIpc) is 2.84. The minimum absolute atomic E-state index is 0.352. The van der Waals surface area contributed by atoms with Crippen LogP contribution in [0.3, 0.4) is 0 Å². The molecule has 2 atom stereocenters. The van der Waals surface area contributed by atoms with Crippen molar-refractivity contribution >= 4 is 23.1 Å². The first-order chi connectivity index (χ1) is 17.0. The molecule has 1 unspecified atom stereocenters. The van der Waals surface area contributed by atoms with Crippen molar-refractivity contribution in [1.82, 2.24) is 0 Å². The summed E-state index contributed by atoms with van der Waals surface area (Å²) in [5.74, 6) is 1.90. The van der Waals surface area contributed by atoms with Crippen molar-refractivity contribution in [3.05, 3.63) is 53.1 Å². The fourth-order valence-corrected chi connectivity index (χ4v) is 4.07. The van der Waals surface area contributed by atoms with E-state index in [-0.39, 0.29) is 5.60 Å². The summed E-state index contributed by atoms with van der Waals surface area (Å²) in [6, 6.07) is 10.8.